The summed E-state index contributed by atoms with van der Waals surface area (Å²) in [7, 11) is 1.65. The van der Waals surface area contributed by atoms with E-state index >= 15 is 0 Å². The zero-order valence-electron chi connectivity index (χ0n) is 19.1. The van der Waals surface area contributed by atoms with E-state index in [9.17, 15) is 4.79 Å². The minimum atomic E-state index is -0.227. The Kier molecular flexibility index (Phi) is 9.88. The van der Waals surface area contributed by atoms with Gasteiger partial charge < -0.3 is 28.6 Å². The zero-order chi connectivity index (χ0) is 22.0. The molecule has 1 heterocycles. The number of anilines is 1. The standard InChI is InChI=1S/C23H37NO6/c1-18-23(3,4)21-17-20(30-16-15-28-14-13-27-12-11-26-5)7-8-22(21)24(18)9-6-10-29-19(2)25/h7-8,17-18H,6,9-16H2,1-5H3. The van der Waals surface area contributed by atoms with Gasteiger partial charge in [-0.15, -0.1) is 0 Å². The van der Waals surface area contributed by atoms with Gasteiger partial charge in [0.15, 0.2) is 0 Å². The number of hydrogen-bond acceptors (Lipinski definition) is 7. The highest BCUT2D eigenvalue weighted by Crippen LogP contribution is 2.46. The van der Waals surface area contributed by atoms with Crippen LogP contribution in [0.4, 0.5) is 5.69 Å². The predicted octanol–water partition coefficient (Wildman–Crippen LogP) is 3.18. The van der Waals surface area contributed by atoms with E-state index in [1.807, 2.05) is 6.07 Å². The molecule has 0 fully saturated rings. The quantitative estimate of drug-likeness (QED) is 0.336. The van der Waals surface area contributed by atoms with Crippen molar-refractivity contribution in [1.82, 2.24) is 0 Å². The van der Waals surface area contributed by atoms with Gasteiger partial charge in [-0.25, -0.2) is 0 Å². The van der Waals surface area contributed by atoms with E-state index in [0.717, 1.165) is 18.7 Å². The van der Waals surface area contributed by atoms with Gasteiger partial charge in [-0.05, 0) is 37.1 Å². The number of rotatable bonds is 14. The number of hydrogen-bond donors (Lipinski definition) is 0. The topological polar surface area (TPSA) is 66.5 Å². The Bertz CT molecular complexity index is 663. The zero-order valence-corrected chi connectivity index (χ0v) is 19.1. The van der Waals surface area contributed by atoms with Crippen LogP contribution in [0.5, 0.6) is 5.75 Å². The first-order valence-corrected chi connectivity index (χ1v) is 10.7. The van der Waals surface area contributed by atoms with Crippen molar-refractivity contribution in [1.29, 1.82) is 0 Å². The number of carbonyl (C=O) groups excluding carboxylic acids is 1. The third kappa shape index (κ3) is 6.86. The fourth-order valence-corrected chi connectivity index (χ4v) is 3.64. The van der Waals surface area contributed by atoms with Crippen molar-refractivity contribution < 1.29 is 28.5 Å². The summed E-state index contributed by atoms with van der Waals surface area (Å²) >= 11 is 0. The van der Waals surface area contributed by atoms with Gasteiger partial charge in [-0.3, -0.25) is 4.79 Å². The maximum atomic E-state index is 11.0. The van der Waals surface area contributed by atoms with Crippen molar-refractivity contribution in [2.45, 2.75) is 45.6 Å². The summed E-state index contributed by atoms with van der Waals surface area (Å²) in [6.07, 6.45) is 0.810. The molecule has 1 unspecified atom stereocenters. The smallest absolute Gasteiger partial charge is 0.302 e. The lowest BCUT2D eigenvalue weighted by Crippen LogP contribution is -2.39. The molecule has 0 N–H and O–H groups in total. The van der Waals surface area contributed by atoms with Gasteiger partial charge in [0.05, 0.1) is 39.6 Å². The molecule has 0 saturated carbocycles. The van der Waals surface area contributed by atoms with E-state index in [1.165, 1.54) is 18.2 Å². The van der Waals surface area contributed by atoms with E-state index in [4.69, 9.17) is 23.7 Å². The minimum Gasteiger partial charge on any atom is -0.491 e. The molecule has 0 saturated heterocycles. The molecule has 0 spiro atoms. The van der Waals surface area contributed by atoms with Crippen LogP contribution in [0.2, 0.25) is 0 Å². The van der Waals surface area contributed by atoms with Crippen LogP contribution in [0.15, 0.2) is 18.2 Å². The number of fused-ring (bicyclic) bond motifs is 1. The highest BCUT2D eigenvalue weighted by Gasteiger charge is 2.41. The van der Waals surface area contributed by atoms with Gasteiger partial charge in [0.2, 0.25) is 0 Å². The van der Waals surface area contributed by atoms with Crippen LogP contribution in [-0.4, -0.2) is 71.9 Å². The normalized spacial score (nSPS) is 17.1. The van der Waals surface area contributed by atoms with Crippen LogP contribution in [-0.2, 0) is 29.2 Å². The highest BCUT2D eigenvalue weighted by atomic mass is 16.6. The van der Waals surface area contributed by atoms with Crippen LogP contribution >= 0.6 is 0 Å². The maximum absolute atomic E-state index is 11.0. The molecule has 1 atom stereocenters. The molecule has 1 aliphatic heterocycles. The first-order valence-electron chi connectivity index (χ1n) is 10.7. The Morgan fingerprint density at radius 2 is 1.70 bits per heavy atom. The van der Waals surface area contributed by atoms with Crippen LogP contribution in [0.3, 0.4) is 0 Å². The fraction of sp³-hybridized carbons (Fsp3) is 0.696. The van der Waals surface area contributed by atoms with Crippen molar-refractivity contribution in [3.05, 3.63) is 23.8 Å². The number of carbonyl (C=O) groups is 1. The Labute approximate surface area is 180 Å². The molecular weight excluding hydrogens is 386 g/mol. The lowest BCUT2D eigenvalue weighted by atomic mass is 9.81. The fourth-order valence-electron chi connectivity index (χ4n) is 3.64. The van der Waals surface area contributed by atoms with Crippen LogP contribution in [0.1, 0.15) is 39.7 Å². The van der Waals surface area contributed by atoms with Gasteiger partial charge in [0.1, 0.15) is 12.4 Å². The number of nitrogens with zero attached hydrogens (tertiary/aromatic N) is 1. The van der Waals surface area contributed by atoms with Gasteiger partial charge >= 0.3 is 5.97 Å². The molecule has 2 rings (SSSR count). The third-order valence-electron chi connectivity index (χ3n) is 5.63. The average Bonchev–Trinajstić information content (AvgIpc) is 2.90. The van der Waals surface area contributed by atoms with Crippen molar-refractivity contribution in [3.63, 3.8) is 0 Å². The van der Waals surface area contributed by atoms with Crippen LogP contribution in [0, 0.1) is 0 Å². The van der Waals surface area contributed by atoms with Gasteiger partial charge in [-0.2, -0.15) is 0 Å². The Morgan fingerprint density at radius 3 is 2.37 bits per heavy atom. The molecule has 0 bridgehead atoms. The van der Waals surface area contributed by atoms with Crippen LogP contribution in [0.25, 0.3) is 0 Å². The van der Waals surface area contributed by atoms with Gasteiger partial charge in [0, 0.05) is 37.7 Å². The second kappa shape index (κ2) is 12.1. The number of benzene rings is 1. The molecule has 7 nitrogen and oxygen atoms in total. The van der Waals surface area contributed by atoms with Gasteiger partial charge in [0.25, 0.3) is 0 Å². The molecule has 1 aliphatic rings. The van der Waals surface area contributed by atoms with E-state index in [1.54, 1.807) is 7.11 Å². The second-order valence-electron chi connectivity index (χ2n) is 8.03. The molecule has 7 heteroatoms. The summed E-state index contributed by atoms with van der Waals surface area (Å²) < 4.78 is 26.8. The number of ether oxygens (including phenoxy) is 5. The van der Waals surface area contributed by atoms with E-state index in [2.05, 4.69) is 37.8 Å². The number of methoxy groups -OCH3 is 1. The van der Waals surface area contributed by atoms with E-state index in [0.29, 0.717) is 52.3 Å². The molecule has 170 valence electrons. The Morgan fingerprint density at radius 1 is 1.03 bits per heavy atom. The van der Waals surface area contributed by atoms with Gasteiger partial charge in [-0.1, -0.05) is 13.8 Å². The monoisotopic (exact) mass is 423 g/mol. The van der Waals surface area contributed by atoms with Crippen molar-refractivity contribution >= 4 is 11.7 Å². The second-order valence-corrected chi connectivity index (χ2v) is 8.03. The average molecular weight is 424 g/mol. The SMILES string of the molecule is COCCOCCOCCOc1ccc2c(c1)C(C)(C)C(C)N2CCCOC(C)=O. The number of esters is 1. The first-order chi connectivity index (χ1) is 14.4. The highest BCUT2D eigenvalue weighted by molar-refractivity contribution is 5.66. The molecular formula is C23H37NO6. The summed E-state index contributed by atoms with van der Waals surface area (Å²) in [4.78, 5) is 13.4. The molecule has 0 aromatic heterocycles. The largest absolute Gasteiger partial charge is 0.491 e. The predicted molar refractivity (Wildman–Crippen MR) is 117 cm³/mol. The van der Waals surface area contributed by atoms with Crippen LogP contribution < -0.4 is 9.64 Å². The van der Waals surface area contributed by atoms with Crippen molar-refractivity contribution in [2.75, 3.05) is 64.8 Å². The third-order valence-corrected chi connectivity index (χ3v) is 5.63. The summed E-state index contributed by atoms with van der Waals surface area (Å²) in [6.45, 7) is 12.8. The molecule has 0 amide bonds. The van der Waals surface area contributed by atoms with Crippen molar-refractivity contribution in [3.8, 4) is 5.75 Å². The summed E-state index contributed by atoms with van der Waals surface area (Å²) in [5.41, 5.74) is 2.52. The molecule has 1 aromatic carbocycles. The van der Waals surface area contributed by atoms with Crippen molar-refractivity contribution in [2.24, 2.45) is 0 Å². The lowest BCUT2D eigenvalue weighted by molar-refractivity contribution is -0.140. The maximum Gasteiger partial charge on any atom is 0.302 e. The Balaban J connectivity index is 1.82. The Hall–Kier alpha value is -1.83. The first kappa shape index (κ1) is 24.4. The molecule has 1 aromatic rings. The molecule has 0 radical (unpaired) electrons. The molecule has 0 aliphatic carbocycles. The minimum absolute atomic E-state index is 0.00613. The van der Waals surface area contributed by atoms with E-state index in [-0.39, 0.29) is 11.4 Å². The summed E-state index contributed by atoms with van der Waals surface area (Å²) in [5.74, 6) is 0.630. The van der Waals surface area contributed by atoms with E-state index < -0.39 is 0 Å². The summed E-state index contributed by atoms with van der Waals surface area (Å²) in [6, 6.07) is 6.64. The molecule has 30 heavy (non-hydrogen) atoms. The lowest BCUT2D eigenvalue weighted by Gasteiger charge is -2.31. The summed E-state index contributed by atoms with van der Waals surface area (Å²) in [5, 5.41) is 0.